The highest BCUT2D eigenvalue weighted by molar-refractivity contribution is 5.68. The number of hydrogen-bond donors (Lipinski definition) is 2. The summed E-state index contributed by atoms with van der Waals surface area (Å²) >= 11 is 0. The van der Waals surface area contributed by atoms with Crippen molar-refractivity contribution >= 4 is 6.09 Å². The highest BCUT2D eigenvalue weighted by Gasteiger charge is 2.33. The number of rotatable bonds is 5. The number of alkyl carbamates (subject to hydrolysis) is 1. The van der Waals surface area contributed by atoms with Crippen LogP contribution in [-0.4, -0.2) is 16.7 Å². The minimum atomic E-state index is -1.21. The van der Waals surface area contributed by atoms with E-state index in [9.17, 15) is 14.3 Å². The van der Waals surface area contributed by atoms with Crippen molar-refractivity contribution in [3.05, 3.63) is 71.0 Å². The van der Waals surface area contributed by atoms with Gasteiger partial charge in [-0.25, -0.2) is 9.18 Å². The quantitative estimate of drug-likeness (QED) is 0.874. The number of hydrogen-bond acceptors (Lipinski definition) is 3. The number of ether oxygens (including phenoxy) is 1. The molecule has 2 aromatic rings. The average Bonchev–Trinajstić information content (AvgIpc) is 2.53. The second-order valence-corrected chi connectivity index (χ2v) is 6.34. The predicted molar refractivity (Wildman–Crippen MR) is 89.9 cm³/mol. The van der Waals surface area contributed by atoms with Gasteiger partial charge in [0.1, 0.15) is 18.5 Å². The van der Waals surface area contributed by atoms with Crippen LogP contribution >= 0.6 is 0 Å². The second kappa shape index (κ2) is 7.45. The maximum Gasteiger partial charge on any atom is 0.407 e. The Hall–Kier alpha value is -2.40. The lowest BCUT2D eigenvalue weighted by atomic mass is 9.90. The van der Waals surface area contributed by atoms with Gasteiger partial charge < -0.3 is 15.2 Å². The highest BCUT2D eigenvalue weighted by atomic mass is 19.1. The number of carbonyl (C=O) groups excluding carboxylic acids is 1. The first-order valence-electron chi connectivity index (χ1n) is 7.72. The van der Waals surface area contributed by atoms with Gasteiger partial charge >= 0.3 is 6.09 Å². The molecular weight excluding hydrogens is 309 g/mol. The normalized spacial score (nSPS) is 12.5. The molecule has 2 rings (SSSR count). The van der Waals surface area contributed by atoms with Crippen LogP contribution in [0.15, 0.2) is 48.5 Å². The second-order valence-electron chi connectivity index (χ2n) is 6.34. The van der Waals surface area contributed by atoms with Gasteiger partial charge in [-0.3, -0.25) is 0 Å². The smallest absolute Gasteiger partial charge is 0.407 e. The first-order chi connectivity index (χ1) is 11.3. The Kier molecular flexibility index (Phi) is 5.57. The Morgan fingerprint density at radius 1 is 1.25 bits per heavy atom. The molecule has 0 aliphatic rings. The molecule has 0 fully saturated rings. The number of nitrogens with one attached hydrogen (secondary N) is 1. The van der Waals surface area contributed by atoms with Crippen LogP contribution < -0.4 is 5.32 Å². The Labute approximate surface area is 141 Å². The Balaban J connectivity index is 1.99. The van der Waals surface area contributed by atoms with E-state index in [4.69, 9.17) is 4.74 Å². The largest absolute Gasteiger partial charge is 0.445 e. The number of benzene rings is 2. The predicted octanol–water partition coefficient (Wildman–Crippen LogP) is 3.87. The summed E-state index contributed by atoms with van der Waals surface area (Å²) in [5.74, 6) is -0.505. The van der Waals surface area contributed by atoms with Gasteiger partial charge in [0.05, 0.1) is 5.54 Å². The number of carbonyl (C=O) groups is 1. The van der Waals surface area contributed by atoms with Gasteiger partial charge in [0, 0.05) is 5.56 Å². The van der Waals surface area contributed by atoms with E-state index >= 15 is 0 Å². The van der Waals surface area contributed by atoms with E-state index in [1.54, 1.807) is 26.8 Å². The number of amides is 1. The van der Waals surface area contributed by atoms with E-state index in [-0.39, 0.29) is 12.2 Å². The van der Waals surface area contributed by atoms with E-state index < -0.39 is 23.6 Å². The van der Waals surface area contributed by atoms with Crippen LogP contribution in [0, 0.1) is 12.7 Å². The fourth-order valence-corrected chi connectivity index (χ4v) is 2.33. The molecule has 0 aromatic heterocycles. The molecule has 1 unspecified atom stereocenters. The summed E-state index contributed by atoms with van der Waals surface area (Å²) in [6, 6.07) is 13.8. The Morgan fingerprint density at radius 2 is 1.92 bits per heavy atom. The van der Waals surface area contributed by atoms with Gasteiger partial charge in [0.15, 0.2) is 0 Å². The van der Waals surface area contributed by atoms with Crippen molar-refractivity contribution in [1.29, 1.82) is 0 Å². The van der Waals surface area contributed by atoms with Crippen molar-refractivity contribution in [1.82, 2.24) is 5.32 Å². The van der Waals surface area contributed by atoms with E-state index in [0.717, 1.165) is 11.1 Å². The molecule has 0 saturated carbocycles. The van der Waals surface area contributed by atoms with Gasteiger partial charge in [0.25, 0.3) is 0 Å². The molecule has 0 aliphatic heterocycles. The van der Waals surface area contributed by atoms with Crippen molar-refractivity contribution in [3.8, 4) is 0 Å². The molecule has 0 spiro atoms. The third-order valence-corrected chi connectivity index (χ3v) is 3.77. The lowest BCUT2D eigenvalue weighted by Crippen LogP contribution is -2.48. The molecule has 0 saturated heterocycles. The number of aliphatic hydroxyl groups is 1. The number of aliphatic hydroxyl groups excluding tert-OH is 1. The van der Waals surface area contributed by atoms with Crippen LogP contribution in [0.3, 0.4) is 0 Å². The van der Waals surface area contributed by atoms with Crippen molar-refractivity contribution < 1.29 is 19.0 Å². The average molecular weight is 331 g/mol. The molecule has 1 amide bonds. The molecule has 4 nitrogen and oxygen atoms in total. The zero-order chi connectivity index (χ0) is 17.7. The molecule has 0 aliphatic carbocycles. The molecule has 0 bridgehead atoms. The first kappa shape index (κ1) is 17.9. The van der Waals surface area contributed by atoms with E-state index in [0.29, 0.717) is 0 Å². The van der Waals surface area contributed by atoms with Gasteiger partial charge in [-0.15, -0.1) is 0 Å². The maximum atomic E-state index is 14.0. The zero-order valence-electron chi connectivity index (χ0n) is 14.0. The SMILES string of the molecule is Cc1ccc(C(O)C(C)(C)NC(=O)OCc2ccccc2)c(F)c1. The minimum absolute atomic E-state index is 0.123. The topological polar surface area (TPSA) is 58.6 Å². The minimum Gasteiger partial charge on any atom is -0.445 e. The Morgan fingerprint density at radius 3 is 2.54 bits per heavy atom. The third kappa shape index (κ3) is 4.55. The molecule has 5 heteroatoms. The summed E-state index contributed by atoms with van der Waals surface area (Å²) in [5, 5.41) is 13.0. The van der Waals surface area contributed by atoms with Crippen molar-refractivity contribution in [2.24, 2.45) is 0 Å². The maximum absolute atomic E-state index is 14.0. The molecule has 2 N–H and O–H groups in total. The van der Waals surface area contributed by atoms with Crippen LogP contribution in [0.5, 0.6) is 0 Å². The van der Waals surface area contributed by atoms with E-state index in [2.05, 4.69) is 5.32 Å². The third-order valence-electron chi connectivity index (χ3n) is 3.77. The van der Waals surface area contributed by atoms with Crippen LogP contribution in [0.1, 0.15) is 36.6 Å². The van der Waals surface area contributed by atoms with Crippen LogP contribution in [-0.2, 0) is 11.3 Å². The highest BCUT2D eigenvalue weighted by Crippen LogP contribution is 2.28. The van der Waals surface area contributed by atoms with Gasteiger partial charge in [0.2, 0.25) is 0 Å². The molecule has 2 aromatic carbocycles. The summed E-state index contributed by atoms with van der Waals surface area (Å²) < 4.78 is 19.2. The molecule has 0 heterocycles. The molecule has 0 radical (unpaired) electrons. The van der Waals surface area contributed by atoms with Gasteiger partial charge in [-0.2, -0.15) is 0 Å². The summed E-state index contributed by atoms with van der Waals surface area (Å²) in [7, 11) is 0. The standard InChI is InChI=1S/C19H22FNO3/c1-13-9-10-15(16(20)11-13)17(22)19(2,3)21-18(23)24-12-14-7-5-4-6-8-14/h4-11,17,22H,12H2,1-3H3,(H,21,23). The van der Waals surface area contributed by atoms with Crippen LogP contribution in [0.2, 0.25) is 0 Å². The van der Waals surface area contributed by atoms with Crippen LogP contribution in [0.25, 0.3) is 0 Å². The van der Waals surface area contributed by atoms with Crippen molar-refractivity contribution in [2.45, 2.75) is 39.0 Å². The van der Waals surface area contributed by atoms with Crippen molar-refractivity contribution in [3.63, 3.8) is 0 Å². The number of aryl methyl sites for hydroxylation is 1. The molecule has 128 valence electrons. The van der Waals surface area contributed by atoms with Crippen molar-refractivity contribution in [2.75, 3.05) is 0 Å². The fraction of sp³-hybridized carbons (Fsp3) is 0.316. The van der Waals surface area contributed by atoms with Gasteiger partial charge in [-0.05, 0) is 38.0 Å². The summed E-state index contributed by atoms with van der Waals surface area (Å²) in [4.78, 5) is 12.0. The summed E-state index contributed by atoms with van der Waals surface area (Å²) in [6.45, 7) is 5.11. The lowest BCUT2D eigenvalue weighted by Gasteiger charge is -2.31. The zero-order valence-corrected chi connectivity index (χ0v) is 14.0. The van der Waals surface area contributed by atoms with E-state index in [1.807, 2.05) is 30.3 Å². The number of halogens is 1. The lowest BCUT2D eigenvalue weighted by molar-refractivity contribution is 0.0646. The monoisotopic (exact) mass is 331 g/mol. The van der Waals surface area contributed by atoms with Gasteiger partial charge in [-0.1, -0.05) is 42.5 Å². The first-order valence-corrected chi connectivity index (χ1v) is 7.72. The Bertz CT molecular complexity index is 701. The molecule has 24 heavy (non-hydrogen) atoms. The fourth-order valence-electron chi connectivity index (χ4n) is 2.33. The molecule has 1 atom stereocenters. The van der Waals surface area contributed by atoms with Crippen LogP contribution in [0.4, 0.5) is 9.18 Å². The summed E-state index contributed by atoms with van der Waals surface area (Å²) in [5.41, 5.74) is 0.658. The van der Waals surface area contributed by atoms with E-state index in [1.165, 1.54) is 12.1 Å². The summed E-state index contributed by atoms with van der Waals surface area (Å²) in [6.07, 6.45) is -1.88. The molecular formula is C19H22FNO3.